The third-order valence-electron chi connectivity index (χ3n) is 5.72. The van der Waals surface area contributed by atoms with Gasteiger partial charge in [-0.15, -0.1) is 24.0 Å². The summed E-state index contributed by atoms with van der Waals surface area (Å²) in [6.07, 6.45) is 1.89. The first-order chi connectivity index (χ1) is 15.4. The third kappa shape index (κ3) is 8.58. The second kappa shape index (κ2) is 13.5. The van der Waals surface area contributed by atoms with E-state index in [-0.39, 0.29) is 41.6 Å². The Kier molecular flexibility index (Phi) is 11.1. The molecule has 33 heavy (non-hydrogen) atoms. The van der Waals surface area contributed by atoms with Crippen molar-refractivity contribution >= 4 is 35.8 Å². The number of likely N-dealkylation sites (tertiary alicyclic amines) is 1. The number of piperidine rings is 1. The molecule has 0 radical (unpaired) electrons. The maximum Gasteiger partial charge on any atom is 0.221 e. The van der Waals surface area contributed by atoms with Crippen LogP contribution in [0.5, 0.6) is 0 Å². The van der Waals surface area contributed by atoms with E-state index >= 15 is 0 Å². The van der Waals surface area contributed by atoms with Crippen LogP contribution in [0.3, 0.4) is 0 Å². The van der Waals surface area contributed by atoms with Crippen molar-refractivity contribution in [2.75, 3.05) is 26.7 Å². The lowest BCUT2D eigenvalue weighted by molar-refractivity contribution is -0.123. The average molecular weight is 567 g/mol. The highest BCUT2D eigenvalue weighted by Crippen LogP contribution is 2.19. The maximum atomic E-state index is 13.5. The highest BCUT2D eigenvalue weighted by Gasteiger charge is 2.23. The number of carbonyl (C=O) groups excluding carboxylic acids is 1. The van der Waals surface area contributed by atoms with Gasteiger partial charge in [0.25, 0.3) is 0 Å². The Morgan fingerprint density at radius 2 is 1.94 bits per heavy atom. The van der Waals surface area contributed by atoms with E-state index < -0.39 is 0 Å². The third-order valence-corrected chi connectivity index (χ3v) is 5.72. The summed E-state index contributed by atoms with van der Waals surface area (Å²) in [5.41, 5.74) is 8.74. The second-order valence-electron chi connectivity index (χ2n) is 8.45. The second-order valence-corrected chi connectivity index (χ2v) is 8.45. The fourth-order valence-corrected chi connectivity index (χ4v) is 4.14. The Hall–Kier alpha value is -2.20. The van der Waals surface area contributed by atoms with Crippen LogP contribution in [0.25, 0.3) is 0 Å². The lowest BCUT2D eigenvalue weighted by Gasteiger charge is -2.31. The number of rotatable bonds is 8. The van der Waals surface area contributed by atoms with Crippen LogP contribution in [-0.4, -0.2) is 48.3 Å². The monoisotopic (exact) mass is 567 g/mol. The first kappa shape index (κ1) is 27.0. The van der Waals surface area contributed by atoms with Crippen LogP contribution in [0.1, 0.15) is 36.5 Å². The molecule has 1 aliphatic heterocycles. The molecular weight excluding hydrogens is 532 g/mol. The molecule has 1 unspecified atom stereocenters. The number of primary amides is 1. The van der Waals surface area contributed by atoms with Crippen molar-refractivity contribution < 1.29 is 9.18 Å². The van der Waals surface area contributed by atoms with Crippen molar-refractivity contribution in [1.29, 1.82) is 0 Å². The molecule has 0 aromatic heterocycles. The van der Waals surface area contributed by atoms with Gasteiger partial charge in [0.1, 0.15) is 5.82 Å². The molecule has 0 spiro atoms. The van der Waals surface area contributed by atoms with Gasteiger partial charge in [0.05, 0.1) is 12.5 Å². The molecule has 0 saturated carbocycles. The number of hydrogen-bond acceptors (Lipinski definition) is 3. The zero-order chi connectivity index (χ0) is 22.9. The molecule has 2 aromatic rings. The molecule has 1 heterocycles. The van der Waals surface area contributed by atoms with E-state index in [2.05, 4.69) is 34.5 Å². The number of nitrogens with zero attached hydrogens (tertiary/aromatic N) is 3. The van der Waals surface area contributed by atoms with Gasteiger partial charge in [-0.3, -0.25) is 9.69 Å². The molecule has 3 N–H and O–H groups in total. The van der Waals surface area contributed by atoms with Gasteiger partial charge in [-0.1, -0.05) is 36.4 Å². The Morgan fingerprint density at radius 3 is 2.67 bits per heavy atom. The maximum absolute atomic E-state index is 13.5. The highest BCUT2D eigenvalue weighted by molar-refractivity contribution is 14.0. The molecule has 8 heteroatoms. The van der Waals surface area contributed by atoms with E-state index in [4.69, 9.17) is 10.7 Å². The molecule has 0 aliphatic carbocycles. The van der Waals surface area contributed by atoms with E-state index in [1.54, 1.807) is 12.1 Å². The molecule has 180 valence electrons. The van der Waals surface area contributed by atoms with Gasteiger partial charge >= 0.3 is 0 Å². The molecule has 3 rings (SSSR count). The molecule has 1 aliphatic rings. The number of halogens is 2. The van der Waals surface area contributed by atoms with Crippen LogP contribution in [-0.2, 0) is 24.4 Å². The van der Waals surface area contributed by atoms with Crippen molar-refractivity contribution in [2.45, 2.75) is 39.4 Å². The number of carbonyl (C=O) groups is 1. The predicted octanol–water partition coefficient (Wildman–Crippen LogP) is 3.74. The number of benzene rings is 2. The van der Waals surface area contributed by atoms with Crippen molar-refractivity contribution in [3.63, 3.8) is 0 Å². The van der Waals surface area contributed by atoms with Crippen LogP contribution in [0.4, 0.5) is 4.39 Å². The predicted molar refractivity (Wildman–Crippen MR) is 142 cm³/mol. The quantitative estimate of drug-likeness (QED) is 0.290. The lowest BCUT2D eigenvalue weighted by Crippen LogP contribution is -2.40. The van der Waals surface area contributed by atoms with E-state index in [9.17, 15) is 9.18 Å². The van der Waals surface area contributed by atoms with Crippen LogP contribution in [0, 0.1) is 11.7 Å². The van der Waals surface area contributed by atoms with Crippen LogP contribution in [0.15, 0.2) is 53.5 Å². The number of nitrogens with two attached hydrogens (primary N) is 1. The molecule has 2 aromatic carbocycles. The van der Waals surface area contributed by atoms with Gasteiger partial charge in [0, 0.05) is 33.2 Å². The molecular formula is C25H35FIN5O. The molecule has 6 nitrogen and oxygen atoms in total. The van der Waals surface area contributed by atoms with E-state index in [0.717, 1.165) is 56.1 Å². The summed E-state index contributed by atoms with van der Waals surface area (Å²) < 4.78 is 13.5. The Bertz CT molecular complexity index is 939. The zero-order valence-corrected chi connectivity index (χ0v) is 21.8. The smallest absolute Gasteiger partial charge is 0.221 e. The van der Waals surface area contributed by atoms with Crippen LogP contribution < -0.4 is 11.1 Å². The minimum Gasteiger partial charge on any atom is -0.369 e. The van der Waals surface area contributed by atoms with Crippen molar-refractivity contribution in [3.05, 3.63) is 71.0 Å². The summed E-state index contributed by atoms with van der Waals surface area (Å²) in [5.74, 6) is 0.303. The minimum absolute atomic E-state index is 0. The largest absolute Gasteiger partial charge is 0.369 e. The highest BCUT2D eigenvalue weighted by atomic mass is 127. The first-order valence-corrected chi connectivity index (χ1v) is 11.3. The summed E-state index contributed by atoms with van der Waals surface area (Å²) >= 11 is 0. The average Bonchev–Trinajstić information content (AvgIpc) is 2.77. The van der Waals surface area contributed by atoms with Crippen molar-refractivity contribution in [2.24, 2.45) is 16.6 Å². The van der Waals surface area contributed by atoms with E-state index in [1.165, 1.54) is 11.6 Å². The minimum atomic E-state index is -0.231. The fourth-order valence-electron chi connectivity index (χ4n) is 4.14. The van der Waals surface area contributed by atoms with E-state index in [1.807, 2.05) is 24.9 Å². The van der Waals surface area contributed by atoms with Crippen molar-refractivity contribution in [3.8, 4) is 0 Å². The standard InChI is InChI=1S/C25H34FN5O.HI/c1-3-28-25(30(2)16-21-9-5-11-23(26)14-21)29-15-19-7-4-8-20(13-19)17-31-12-6-10-22(18-31)24(27)32;/h4-5,7-9,11,13-14,22H,3,6,10,12,15-18H2,1-2H3,(H2,27,32)(H,28,29);1H. The van der Waals surface area contributed by atoms with Crippen molar-refractivity contribution in [1.82, 2.24) is 15.1 Å². The van der Waals surface area contributed by atoms with Crippen LogP contribution >= 0.6 is 24.0 Å². The molecule has 1 fully saturated rings. The Morgan fingerprint density at radius 1 is 1.21 bits per heavy atom. The van der Waals surface area contributed by atoms with E-state index in [0.29, 0.717) is 13.1 Å². The Labute approximate surface area is 213 Å². The normalized spacial score (nSPS) is 16.7. The van der Waals surface area contributed by atoms with Gasteiger partial charge in [0.2, 0.25) is 5.91 Å². The summed E-state index contributed by atoms with van der Waals surface area (Å²) in [4.78, 5) is 20.6. The Balaban J connectivity index is 0.00000385. The SMILES string of the molecule is CCNC(=NCc1cccc(CN2CCCC(C(N)=O)C2)c1)N(C)Cc1cccc(F)c1.I. The van der Waals surface area contributed by atoms with Gasteiger partial charge in [-0.25, -0.2) is 9.38 Å². The summed E-state index contributed by atoms with van der Waals surface area (Å²) in [5, 5.41) is 3.31. The lowest BCUT2D eigenvalue weighted by atomic mass is 9.97. The topological polar surface area (TPSA) is 74.0 Å². The number of hydrogen-bond donors (Lipinski definition) is 2. The molecule has 1 amide bonds. The molecule has 0 bridgehead atoms. The zero-order valence-electron chi connectivity index (χ0n) is 19.5. The summed E-state index contributed by atoms with van der Waals surface area (Å²) in [7, 11) is 1.95. The molecule has 1 saturated heterocycles. The first-order valence-electron chi connectivity index (χ1n) is 11.3. The van der Waals surface area contributed by atoms with Crippen LogP contribution in [0.2, 0.25) is 0 Å². The van der Waals surface area contributed by atoms with Gasteiger partial charge < -0.3 is 16.0 Å². The number of nitrogens with one attached hydrogen (secondary N) is 1. The number of amides is 1. The number of aliphatic imine (C=N–C) groups is 1. The summed E-state index contributed by atoms with van der Waals surface area (Å²) in [6, 6.07) is 15.1. The van der Waals surface area contributed by atoms with Gasteiger partial charge in [-0.05, 0) is 55.1 Å². The van der Waals surface area contributed by atoms with Gasteiger partial charge in [0.15, 0.2) is 5.96 Å². The summed E-state index contributed by atoms with van der Waals surface area (Å²) in [6.45, 7) is 6.43. The number of guanidine groups is 1. The van der Waals surface area contributed by atoms with Gasteiger partial charge in [-0.2, -0.15) is 0 Å². The molecule has 1 atom stereocenters. The fraction of sp³-hybridized carbons (Fsp3) is 0.440.